The number of aliphatic carboxylic acids is 1. The zero-order valence-electron chi connectivity index (χ0n) is 6.13. The van der Waals surface area contributed by atoms with Crippen LogP contribution in [0.1, 0.15) is 0 Å². The fourth-order valence-electron chi connectivity index (χ4n) is 0. The number of carbonyl (C=O) groups is 1. The van der Waals surface area contributed by atoms with Gasteiger partial charge in [0.2, 0.25) is 0 Å². The van der Waals surface area contributed by atoms with Gasteiger partial charge >= 0.3 is 56.0 Å². The number of rotatable bonds is 2. The number of hydrogen-bond donors (Lipinski definition) is 1. The van der Waals surface area contributed by atoms with E-state index in [1.165, 1.54) is 0 Å². The fraction of sp³-hybridized carbons (Fsp3) is 0. The Labute approximate surface area is 78.4 Å². The summed E-state index contributed by atoms with van der Waals surface area (Å²) < 4.78 is 1.16. The van der Waals surface area contributed by atoms with Crippen molar-refractivity contribution >= 4 is 33.9 Å². The molecule has 0 amide bonds. The SMILES string of the molecule is C=CC(=O)O.C=C[C](=C)[Na]. The summed E-state index contributed by atoms with van der Waals surface area (Å²) in [5, 5.41) is 7.60. The van der Waals surface area contributed by atoms with E-state index < -0.39 is 5.97 Å². The first-order valence-electron chi connectivity index (χ1n) is 2.68. The summed E-state index contributed by atoms with van der Waals surface area (Å²) in [5.74, 6) is -0.981. The van der Waals surface area contributed by atoms with Crippen molar-refractivity contribution in [1.82, 2.24) is 0 Å². The van der Waals surface area contributed by atoms with E-state index in [-0.39, 0.29) is 0 Å². The van der Waals surface area contributed by atoms with Crippen LogP contribution in [0.5, 0.6) is 0 Å². The maximum absolute atomic E-state index is 9.25. The molecule has 0 aromatic heterocycles. The molecule has 0 atom stereocenters. The summed E-state index contributed by atoms with van der Waals surface area (Å²) in [5.41, 5.74) is 0. The minimum absolute atomic E-state index is 0.833. The van der Waals surface area contributed by atoms with E-state index >= 15 is 0 Å². The molecule has 50 valence electrons. The van der Waals surface area contributed by atoms with Crippen LogP contribution in [0.3, 0.4) is 0 Å². The standard InChI is InChI=1S/C4H5.C3H4O2.Na/c1-3-4-2;1-2-3(4)5;/h3H,1-2H2;2H,1H2,(H,4,5);. The third-order valence-electron chi connectivity index (χ3n) is 0.523. The zero-order valence-corrected chi connectivity index (χ0v) is 8.13. The molecule has 0 aliphatic heterocycles. The van der Waals surface area contributed by atoms with Crippen LogP contribution in [0.25, 0.3) is 0 Å². The van der Waals surface area contributed by atoms with Gasteiger partial charge in [0.15, 0.2) is 0 Å². The van der Waals surface area contributed by atoms with E-state index in [0.717, 1.165) is 36.8 Å². The molecule has 0 saturated heterocycles. The van der Waals surface area contributed by atoms with Gasteiger partial charge < -0.3 is 5.11 Å². The molecule has 0 fully saturated rings. The van der Waals surface area contributed by atoms with Gasteiger partial charge in [0.05, 0.1) is 0 Å². The monoisotopic (exact) mass is 148 g/mol. The van der Waals surface area contributed by atoms with Crippen LogP contribution in [0.4, 0.5) is 0 Å². The molecule has 0 radical (unpaired) electrons. The summed E-state index contributed by atoms with van der Waals surface area (Å²) in [6, 6.07) is 0. The fourth-order valence-corrected chi connectivity index (χ4v) is 0. The Bertz CT molecular complexity index is 132. The van der Waals surface area contributed by atoms with Crippen LogP contribution in [-0.4, -0.2) is 39.0 Å². The van der Waals surface area contributed by atoms with E-state index in [1.807, 2.05) is 0 Å². The molecule has 2 nitrogen and oxygen atoms in total. The summed E-state index contributed by atoms with van der Waals surface area (Å²) in [6.07, 6.45) is 2.62. The van der Waals surface area contributed by atoms with Crippen LogP contribution >= 0.6 is 0 Å². The predicted molar refractivity (Wildman–Crippen MR) is 42.9 cm³/mol. The predicted octanol–water partition coefficient (Wildman–Crippen LogP) is 1.11. The third-order valence-corrected chi connectivity index (χ3v) is 0.931. The molecule has 0 aromatic rings. The van der Waals surface area contributed by atoms with E-state index in [9.17, 15) is 4.79 Å². The topological polar surface area (TPSA) is 37.3 Å². The number of allylic oxidation sites excluding steroid dienone is 2. The van der Waals surface area contributed by atoms with Gasteiger partial charge in [-0.15, -0.1) is 0 Å². The van der Waals surface area contributed by atoms with Gasteiger partial charge in [-0.1, -0.05) is 6.58 Å². The first kappa shape index (κ1) is 12.4. The van der Waals surface area contributed by atoms with Crippen molar-refractivity contribution < 1.29 is 9.90 Å². The van der Waals surface area contributed by atoms with E-state index in [1.54, 1.807) is 6.08 Å². The molecular weight excluding hydrogens is 139 g/mol. The van der Waals surface area contributed by atoms with Crippen molar-refractivity contribution in [2.24, 2.45) is 0 Å². The maximum atomic E-state index is 9.25. The second-order valence-corrected chi connectivity index (χ2v) is 2.88. The molecule has 0 heterocycles. The summed E-state index contributed by atoms with van der Waals surface area (Å²) in [7, 11) is 0. The van der Waals surface area contributed by atoms with Crippen molar-refractivity contribution in [3.8, 4) is 0 Å². The average Bonchev–Trinajstić information content (AvgIpc) is 1.89. The first-order valence-corrected chi connectivity index (χ1v) is 3.68. The van der Waals surface area contributed by atoms with Gasteiger partial charge in [-0.3, -0.25) is 0 Å². The van der Waals surface area contributed by atoms with Gasteiger partial charge in [-0.25, -0.2) is 4.79 Å². The van der Waals surface area contributed by atoms with Crippen molar-refractivity contribution in [3.05, 3.63) is 34.7 Å². The Balaban J connectivity index is 0. The number of hydrogen-bond acceptors (Lipinski definition) is 1. The average molecular weight is 148 g/mol. The van der Waals surface area contributed by atoms with Crippen LogP contribution in [-0.2, 0) is 4.79 Å². The van der Waals surface area contributed by atoms with Crippen LogP contribution < -0.4 is 0 Å². The molecule has 0 bridgehead atoms. The van der Waals surface area contributed by atoms with E-state index in [2.05, 4.69) is 19.7 Å². The molecule has 0 rings (SSSR count). The molecule has 0 spiro atoms. The molecule has 10 heavy (non-hydrogen) atoms. The Morgan fingerprint density at radius 2 is 1.60 bits per heavy atom. The van der Waals surface area contributed by atoms with Crippen molar-refractivity contribution in [2.45, 2.75) is 0 Å². The zero-order chi connectivity index (χ0) is 8.57. The molecule has 3 heteroatoms. The van der Waals surface area contributed by atoms with Gasteiger partial charge in [0.25, 0.3) is 0 Å². The van der Waals surface area contributed by atoms with Gasteiger partial charge in [0, 0.05) is 6.08 Å². The molecule has 1 N–H and O–H groups in total. The summed E-state index contributed by atoms with van der Waals surface area (Å²) in [4.78, 5) is 9.25. The molecular formula is C7H9NaO2. The van der Waals surface area contributed by atoms with E-state index in [0.29, 0.717) is 0 Å². The Morgan fingerprint density at radius 3 is 1.60 bits per heavy atom. The second-order valence-electron chi connectivity index (χ2n) is 1.59. The van der Waals surface area contributed by atoms with Crippen LogP contribution in [0, 0.1) is 0 Å². The normalized spacial score (nSPS) is 6.60. The molecule has 0 aromatic carbocycles. The molecule has 0 aliphatic rings. The Hall–Kier alpha value is -0.310. The quantitative estimate of drug-likeness (QED) is 0.362. The number of carboxylic acid groups (broad SMARTS) is 1. The van der Waals surface area contributed by atoms with Crippen molar-refractivity contribution in [1.29, 1.82) is 0 Å². The minimum atomic E-state index is -0.981. The summed E-state index contributed by atoms with van der Waals surface area (Å²) in [6.45, 7) is 10.1. The second kappa shape index (κ2) is 8.69. The number of carboxylic acids is 1. The Morgan fingerprint density at radius 1 is 1.40 bits per heavy atom. The molecule has 0 saturated carbocycles. The Kier molecular flexibility index (Phi) is 10.8. The third kappa shape index (κ3) is 25.3. The van der Waals surface area contributed by atoms with Gasteiger partial charge in [-0.2, -0.15) is 0 Å². The van der Waals surface area contributed by atoms with Crippen LogP contribution in [0.2, 0.25) is 0 Å². The van der Waals surface area contributed by atoms with Crippen LogP contribution in [0.15, 0.2) is 34.7 Å². The van der Waals surface area contributed by atoms with Crippen molar-refractivity contribution in [2.75, 3.05) is 0 Å². The van der Waals surface area contributed by atoms with Crippen molar-refractivity contribution in [3.63, 3.8) is 0 Å². The van der Waals surface area contributed by atoms with Gasteiger partial charge in [0.1, 0.15) is 0 Å². The molecule has 0 aliphatic carbocycles. The van der Waals surface area contributed by atoms with E-state index in [4.69, 9.17) is 5.11 Å². The molecule has 0 unspecified atom stereocenters. The van der Waals surface area contributed by atoms with Gasteiger partial charge in [-0.05, 0) is 0 Å². The summed E-state index contributed by atoms with van der Waals surface area (Å²) >= 11 is 1.06. The first-order chi connectivity index (χ1) is 4.54.